The Morgan fingerprint density at radius 1 is 1.22 bits per heavy atom. The largest absolute Gasteiger partial charge is 0.378 e. The number of benzene rings is 1. The summed E-state index contributed by atoms with van der Waals surface area (Å²) in [5.74, 6) is -0.00341. The molecule has 1 aliphatic rings. The maximum Gasteiger partial charge on any atom is 0.279 e. The van der Waals surface area contributed by atoms with Gasteiger partial charge in [-0.05, 0) is 31.0 Å². The molecule has 0 aliphatic carbocycles. The quantitative estimate of drug-likeness (QED) is 0.777. The number of carbonyl (C=O) groups excluding carboxylic acids is 2. The fourth-order valence-electron chi connectivity index (χ4n) is 2.60. The van der Waals surface area contributed by atoms with Gasteiger partial charge in [-0.2, -0.15) is 0 Å². The number of anilines is 1. The van der Waals surface area contributed by atoms with Gasteiger partial charge in [-0.1, -0.05) is 12.1 Å². The number of carbonyl (C=O) groups is 2. The third kappa shape index (κ3) is 5.04. The molecule has 2 amide bonds. The third-order valence-corrected chi connectivity index (χ3v) is 4.16. The summed E-state index contributed by atoms with van der Waals surface area (Å²) >= 11 is 0. The maximum absolute atomic E-state index is 12.2. The Kier molecular flexibility index (Phi) is 6.12. The van der Waals surface area contributed by atoms with Crippen molar-refractivity contribution in [1.29, 1.82) is 0 Å². The van der Waals surface area contributed by atoms with Crippen LogP contribution in [0.15, 0.2) is 18.2 Å². The van der Waals surface area contributed by atoms with Gasteiger partial charge in [-0.25, -0.2) is 0 Å². The predicted molar refractivity (Wildman–Crippen MR) is 88.6 cm³/mol. The van der Waals surface area contributed by atoms with Gasteiger partial charge in [0, 0.05) is 18.8 Å². The molecule has 2 rings (SSSR count). The number of likely N-dealkylation sites (N-methyl/N-ethyl adjacent to an activating group) is 1. The van der Waals surface area contributed by atoms with E-state index in [0.717, 1.165) is 21.7 Å². The average molecular weight is 320 g/mol. The maximum atomic E-state index is 12.2. The lowest BCUT2D eigenvalue weighted by Crippen LogP contribution is -3.11. The van der Waals surface area contributed by atoms with Crippen molar-refractivity contribution in [3.8, 4) is 0 Å². The summed E-state index contributed by atoms with van der Waals surface area (Å²) in [6, 6.07) is 5.84. The highest BCUT2D eigenvalue weighted by atomic mass is 16.5. The Labute approximate surface area is 137 Å². The van der Waals surface area contributed by atoms with E-state index < -0.39 is 0 Å². The standard InChI is InChI=1S/C17H25N3O3/c1-13-5-4-6-15(14(13)2)18-16(21)11-19(3)12-17(22)20-7-9-23-10-8-20/h4-6H,7-12H2,1-3H3,(H,18,21)/p+1. The molecule has 0 radical (unpaired) electrons. The third-order valence-electron chi connectivity index (χ3n) is 4.16. The molecule has 0 saturated carbocycles. The average Bonchev–Trinajstić information content (AvgIpc) is 2.52. The van der Waals surface area contributed by atoms with Crippen molar-refractivity contribution in [3.05, 3.63) is 29.3 Å². The number of rotatable bonds is 5. The fraction of sp³-hybridized carbons (Fsp3) is 0.529. The van der Waals surface area contributed by atoms with Crippen molar-refractivity contribution in [2.24, 2.45) is 0 Å². The van der Waals surface area contributed by atoms with Crippen LogP contribution in [0.2, 0.25) is 0 Å². The van der Waals surface area contributed by atoms with Crippen LogP contribution in [0.5, 0.6) is 0 Å². The van der Waals surface area contributed by atoms with Gasteiger partial charge >= 0.3 is 0 Å². The number of ether oxygens (including phenoxy) is 1. The molecule has 6 heteroatoms. The van der Waals surface area contributed by atoms with Crippen molar-refractivity contribution >= 4 is 17.5 Å². The SMILES string of the molecule is Cc1cccc(NC(=O)C[NH+](C)CC(=O)N2CCOCC2)c1C. The Morgan fingerprint density at radius 2 is 1.91 bits per heavy atom. The molecule has 0 spiro atoms. The summed E-state index contributed by atoms with van der Waals surface area (Å²) in [6.07, 6.45) is 0. The monoisotopic (exact) mass is 320 g/mol. The molecule has 1 atom stereocenters. The minimum Gasteiger partial charge on any atom is -0.378 e. The van der Waals surface area contributed by atoms with Gasteiger partial charge < -0.3 is 19.9 Å². The van der Waals surface area contributed by atoms with E-state index in [1.165, 1.54) is 0 Å². The lowest BCUT2D eigenvalue weighted by atomic mass is 10.1. The van der Waals surface area contributed by atoms with Crippen LogP contribution in [-0.2, 0) is 14.3 Å². The van der Waals surface area contributed by atoms with E-state index in [2.05, 4.69) is 5.32 Å². The molecular weight excluding hydrogens is 294 g/mol. The highest BCUT2D eigenvalue weighted by Crippen LogP contribution is 2.17. The molecule has 1 aliphatic heterocycles. The number of hydrogen-bond acceptors (Lipinski definition) is 3. The summed E-state index contributed by atoms with van der Waals surface area (Å²) in [7, 11) is 1.86. The van der Waals surface area contributed by atoms with Gasteiger partial charge in [-0.15, -0.1) is 0 Å². The van der Waals surface area contributed by atoms with Crippen molar-refractivity contribution in [2.75, 3.05) is 51.8 Å². The van der Waals surface area contributed by atoms with Crippen molar-refractivity contribution < 1.29 is 19.2 Å². The highest BCUT2D eigenvalue weighted by Gasteiger charge is 2.21. The van der Waals surface area contributed by atoms with Gasteiger partial charge in [0.05, 0.1) is 20.3 Å². The molecular formula is C17H26N3O3+. The summed E-state index contributed by atoms with van der Waals surface area (Å²) in [5, 5.41) is 2.93. The molecule has 23 heavy (non-hydrogen) atoms. The first-order valence-electron chi connectivity index (χ1n) is 8.00. The number of morpholine rings is 1. The van der Waals surface area contributed by atoms with Crippen LogP contribution in [0.25, 0.3) is 0 Å². The predicted octanol–water partition coefficient (Wildman–Crippen LogP) is -0.385. The van der Waals surface area contributed by atoms with Crippen LogP contribution in [-0.4, -0.2) is 63.2 Å². The van der Waals surface area contributed by atoms with Crippen LogP contribution in [0.3, 0.4) is 0 Å². The Balaban J connectivity index is 1.82. The Bertz CT molecular complexity index is 568. The smallest absolute Gasteiger partial charge is 0.279 e. The van der Waals surface area contributed by atoms with E-state index in [9.17, 15) is 9.59 Å². The van der Waals surface area contributed by atoms with Crippen LogP contribution in [0.1, 0.15) is 11.1 Å². The van der Waals surface area contributed by atoms with Gasteiger partial charge in [0.15, 0.2) is 13.1 Å². The van der Waals surface area contributed by atoms with Crippen LogP contribution in [0, 0.1) is 13.8 Å². The zero-order valence-corrected chi connectivity index (χ0v) is 14.1. The van der Waals surface area contributed by atoms with Crippen LogP contribution < -0.4 is 10.2 Å². The van der Waals surface area contributed by atoms with E-state index in [0.29, 0.717) is 32.8 Å². The minimum atomic E-state index is -0.0778. The second kappa shape index (κ2) is 8.08. The molecule has 2 N–H and O–H groups in total. The van der Waals surface area contributed by atoms with Gasteiger partial charge in [0.1, 0.15) is 0 Å². The van der Waals surface area contributed by atoms with Crippen molar-refractivity contribution in [2.45, 2.75) is 13.8 Å². The molecule has 126 valence electrons. The van der Waals surface area contributed by atoms with Crippen molar-refractivity contribution in [3.63, 3.8) is 0 Å². The lowest BCUT2D eigenvalue weighted by Gasteiger charge is -2.27. The molecule has 1 heterocycles. The number of hydrogen-bond donors (Lipinski definition) is 2. The molecule has 1 fully saturated rings. The zero-order chi connectivity index (χ0) is 16.8. The molecule has 1 aromatic rings. The van der Waals surface area contributed by atoms with E-state index in [1.54, 1.807) is 4.90 Å². The molecule has 0 bridgehead atoms. The van der Waals surface area contributed by atoms with Gasteiger partial charge in [-0.3, -0.25) is 9.59 Å². The summed E-state index contributed by atoms with van der Waals surface area (Å²) in [4.78, 5) is 27.0. The normalized spacial score (nSPS) is 16.0. The molecule has 6 nitrogen and oxygen atoms in total. The summed E-state index contributed by atoms with van der Waals surface area (Å²) in [6.45, 7) is 7.06. The first kappa shape index (κ1) is 17.4. The first-order chi connectivity index (χ1) is 11.0. The van der Waals surface area contributed by atoms with Gasteiger partial charge in [0.25, 0.3) is 11.8 Å². The summed E-state index contributed by atoms with van der Waals surface area (Å²) < 4.78 is 5.24. The lowest BCUT2D eigenvalue weighted by molar-refractivity contribution is -0.862. The van der Waals surface area contributed by atoms with Crippen LogP contribution >= 0.6 is 0 Å². The number of nitrogens with zero attached hydrogens (tertiary/aromatic N) is 1. The van der Waals surface area contributed by atoms with E-state index >= 15 is 0 Å². The summed E-state index contributed by atoms with van der Waals surface area (Å²) in [5.41, 5.74) is 3.05. The molecule has 1 saturated heterocycles. The molecule has 0 aromatic heterocycles. The minimum absolute atomic E-state index is 0.0744. The van der Waals surface area contributed by atoms with Gasteiger partial charge in [0.2, 0.25) is 0 Å². The topological polar surface area (TPSA) is 63.1 Å². The molecule has 1 unspecified atom stereocenters. The number of aryl methyl sites for hydroxylation is 1. The zero-order valence-electron chi connectivity index (χ0n) is 14.1. The first-order valence-corrected chi connectivity index (χ1v) is 8.00. The van der Waals surface area contributed by atoms with Crippen LogP contribution in [0.4, 0.5) is 5.69 Å². The number of quaternary nitrogens is 1. The van der Waals surface area contributed by atoms with Crippen molar-refractivity contribution in [1.82, 2.24) is 4.90 Å². The number of nitrogens with one attached hydrogen (secondary N) is 2. The fourth-order valence-corrected chi connectivity index (χ4v) is 2.60. The Hall–Kier alpha value is -1.92. The second-order valence-corrected chi connectivity index (χ2v) is 6.10. The highest BCUT2D eigenvalue weighted by molar-refractivity contribution is 5.92. The Morgan fingerprint density at radius 3 is 2.61 bits per heavy atom. The second-order valence-electron chi connectivity index (χ2n) is 6.10. The van der Waals surface area contributed by atoms with E-state index in [-0.39, 0.29) is 18.4 Å². The van der Waals surface area contributed by atoms with E-state index in [1.807, 2.05) is 39.1 Å². The number of amides is 2. The molecule has 1 aromatic carbocycles. The van der Waals surface area contributed by atoms with E-state index in [4.69, 9.17) is 4.74 Å².